The van der Waals surface area contributed by atoms with Crippen molar-refractivity contribution < 1.29 is 4.74 Å². The summed E-state index contributed by atoms with van der Waals surface area (Å²) in [5, 5.41) is 0.781. The zero-order valence-corrected chi connectivity index (χ0v) is 11.3. The molecule has 1 aromatic carbocycles. The minimum Gasteiger partial charge on any atom is -0.489 e. The van der Waals surface area contributed by atoms with Crippen molar-refractivity contribution >= 4 is 40.2 Å². The van der Waals surface area contributed by atoms with Gasteiger partial charge in [-0.3, -0.25) is 0 Å². The molecule has 0 bridgehead atoms. The molecule has 3 rings (SSSR count). The van der Waals surface area contributed by atoms with E-state index < -0.39 is 0 Å². The SMILES string of the molecule is NC(=S)CN1CC2COc3ccccc3N2C1=S. The van der Waals surface area contributed by atoms with E-state index >= 15 is 0 Å². The lowest BCUT2D eigenvalue weighted by Gasteiger charge is -2.31. The van der Waals surface area contributed by atoms with Gasteiger partial charge in [0.2, 0.25) is 0 Å². The Bertz CT molecular complexity index is 520. The van der Waals surface area contributed by atoms with Gasteiger partial charge in [0.15, 0.2) is 5.11 Å². The van der Waals surface area contributed by atoms with Crippen molar-refractivity contribution in [2.75, 3.05) is 24.6 Å². The number of para-hydroxylation sites is 2. The Morgan fingerprint density at radius 1 is 1.44 bits per heavy atom. The maximum absolute atomic E-state index is 5.75. The second-order valence-corrected chi connectivity index (χ2v) is 5.32. The van der Waals surface area contributed by atoms with Gasteiger partial charge in [-0.05, 0) is 24.4 Å². The largest absolute Gasteiger partial charge is 0.489 e. The monoisotopic (exact) mass is 279 g/mol. The number of thiocarbonyl (C=S) groups is 2. The molecule has 2 N–H and O–H groups in total. The molecular formula is C12H13N3OS2. The average Bonchev–Trinajstić information content (AvgIpc) is 2.66. The summed E-state index contributed by atoms with van der Waals surface area (Å²) in [6, 6.07) is 8.19. The Morgan fingerprint density at radius 3 is 3.00 bits per heavy atom. The number of nitrogens with zero attached hydrogens (tertiary/aromatic N) is 2. The smallest absolute Gasteiger partial charge is 0.177 e. The van der Waals surface area contributed by atoms with E-state index in [2.05, 4.69) is 4.90 Å². The molecule has 6 heteroatoms. The predicted molar refractivity (Wildman–Crippen MR) is 79.2 cm³/mol. The normalized spacial score (nSPS) is 21.3. The highest BCUT2D eigenvalue weighted by Gasteiger charge is 2.39. The fraction of sp³-hybridized carbons (Fsp3) is 0.333. The molecule has 2 aliphatic rings. The molecule has 4 nitrogen and oxygen atoms in total. The third kappa shape index (κ3) is 1.81. The summed E-state index contributed by atoms with van der Waals surface area (Å²) < 4.78 is 5.75. The highest BCUT2D eigenvalue weighted by Crippen LogP contribution is 2.37. The van der Waals surface area contributed by atoms with Crippen LogP contribution in [-0.2, 0) is 0 Å². The van der Waals surface area contributed by atoms with Crippen molar-refractivity contribution in [3.8, 4) is 5.75 Å². The summed E-state index contributed by atoms with van der Waals surface area (Å²) >= 11 is 10.5. The molecule has 0 spiro atoms. The predicted octanol–water partition coefficient (Wildman–Crippen LogP) is 1.14. The van der Waals surface area contributed by atoms with Crippen molar-refractivity contribution in [2.24, 2.45) is 5.73 Å². The number of ether oxygens (including phenoxy) is 1. The van der Waals surface area contributed by atoms with Crippen LogP contribution in [0, 0.1) is 0 Å². The number of benzene rings is 1. The quantitative estimate of drug-likeness (QED) is 0.819. The Balaban J connectivity index is 1.92. The van der Waals surface area contributed by atoms with E-state index in [-0.39, 0.29) is 6.04 Å². The van der Waals surface area contributed by atoms with Crippen molar-refractivity contribution in [2.45, 2.75) is 6.04 Å². The standard InChI is InChI=1S/C12H13N3OS2/c13-11(17)6-14-5-8-7-16-10-4-2-1-3-9(10)15(8)12(14)18/h1-4,8H,5-7H2,(H2,13,17). The Morgan fingerprint density at radius 2 is 2.22 bits per heavy atom. The van der Waals surface area contributed by atoms with Crippen molar-refractivity contribution in [3.63, 3.8) is 0 Å². The molecule has 0 saturated carbocycles. The third-order valence-corrected chi connectivity index (χ3v) is 3.76. The van der Waals surface area contributed by atoms with Crippen LogP contribution < -0.4 is 15.4 Å². The molecule has 0 aromatic heterocycles. The maximum Gasteiger partial charge on any atom is 0.177 e. The van der Waals surface area contributed by atoms with Gasteiger partial charge in [0.25, 0.3) is 0 Å². The topological polar surface area (TPSA) is 41.7 Å². The molecule has 94 valence electrons. The van der Waals surface area contributed by atoms with Crippen LogP contribution in [0.4, 0.5) is 5.69 Å². The van der Waals surface area contributed by atoms with Gasteiger partial charge in [-0.15, -0.1) is 0 Å². The van der Waals surface area contributed by atoms with E-state index in [9.17, 15) is 0 Å². The molecule has 0 aliphatic carbocycles. The van der Waals surface area contributed by atoms with Crippen LogP contribution >= 0.6 is 24.4 Å². The van der Waals surface area contributed by atoms with Crippen LogP contribution in [0.1, 0.15) is 0 Å². The molecule has 0 amide bonds. The zero-order chi connectivity index (χ0) is 12.7. The van der Waals surface area contributed by atoms with Crippen LogP contribution in [0.3, 0.4) is 0 Å². The van der Waals surface area contributed by atoms with E-state index in [0.717, 1.165) is 23.1 Å². The first-order valence-corrected chi connectivity index (χ1v) is 6.57. The van der Waals surface area contributed by atoms with Gasteiger partial charge < -0.3 is 20.3 Å². The number of hydrogen-bond donors (Lipinski definition) is 1. The van der Waals surface area contributed by atoms with Crippen LogP contribution in [0.15, 0.2) is 24.3 Å². The highest BCUT2D eigenvalue weighted by atomic mass is 32.1. The summed E-state index contributed by atoms with van der Waals surface area (Å²) in [4.78, 5) is 4.65. The number of nitrogens with two attached hydrogens (primary N) is 1. The summed E-state index contributed by atoms with van der Waals surface area (Å²) in [6.45, 7) is 1.98. The number of hydrogen-bond acceptors (Lipinski definition) is 3. The Kier molecular flexibility index (Phi) is 2.83. The molecule has 1 atom stereocenters. The zero-order valence-electron chi connectivity index (χ0n) is 9.70. The van der Waals surface area contributed by atoms with Crippen LogP contribution in [0.5, 0.6) is 5.75 Å². The van der Waals surface area contributed by atoms with Gasteiger partial charge in [0.1, 0.15) is 12.4 Å². The third-order valence-electron chi connectivity index (χ3n) is 3.18. The van der Waals surface area contributed by atoms with E-state index in [1.807, 2.05) is 29.2 Å². The van der Waals surface area contributed by atoms with Crippen molar-refractivity contribution in [1.82, 2.24) is 4.90 Å². The average molecular weight is 279 g/mol. The minimum absolute atomic E-state index is 0.252. The molecular weight excluding hydrogens is 266 g/mol. The lowest BCUT2D eigenvalue weighted by Crippen LogP contribution is -2.41. The van der Waals surface area contributed by atoms with Crippen molar-refractivity contribution in [3.05, 3.63) is 24.3 Å². The van der Waals surface area contributed by atoms with E-state index in [4.69, 9.17) is 34.9 Å². The summed E-state index contributed by atoms with van der Waals surface area (Å²) in [5.74, 6) is 0.883. The van der Waals surface area contributed by atoms with Gasteiger partial charge in [0, 0.05) is 6.54 Å². The second kappa shape index (κ2) is 4.37. The fourth-order valence-corrected chi connectivity index (χ4v) is 2.98. The maximum atomic E-state index is 5.75. The minimum atomic E-state index is 0.252. The van der Waals surface area contributed by atoms with Crippen LogP contribution in [0.2, 0.25) is 0 Å². The molecule has 2 heterocycles. The van der Waals surface area contributed by atoms with Gasteiger partial charge in [-0.1, -0.05) is 24.4 Å². The van der Waals surface area contributed by atoms with Gasteiger partial charge in [-0.2, -0.15) is 0 Å². The van der Waals surface area contributed by atoms with E-state index in [1.54, 1.807) is 0 Å². The number of anilines is 1. The molecule has 0 radical (unpaired) electrons. The first-order chi connectivity index (χ1) is 8.66. The second-order valence-electron chi connectivity index (χ2n) is 4.43. The molecule has 1 fully saturated rings. The van der Waals surface area contributed by atoms with Crippen molar-refractivity contribution in [1.29, 1.82) is 0 Å². The summed E-state index contributed by atoms with van der Waals surface area (Å²) in [7, 11) is 0. The number of rotatable bonds is 2. The molecule has 2 aliphatic heterocycles. The number of fused-ring (bicyclic) bond motifs is 3. The highest BCUT2D eigenvalue weighted by molar-refractivity contribution is 7.80. The molecule has 18 heavy (non-hydrogen) atoms. The Labute approximate surface area is 116 Å². The molecule has 1 saturated heterocycles. The van der Waals surface area contributed by atoms with Crippen LogP contribution in [-0.4, -0.2) is 40.7 Å². The Hall–Kier alpha value is -1.40. The lowest BCUT2D eigenvalue weighted by atomic mass is 10.2. The van der Waals surface area contributed by atoms with E-state index in [1.165, 1.54) is 0 Å². The first kappa shape index (κ1) is 11.7. The summed E-state index contributed by atoms with van der Waals surface area (Å²) in [6.07, 6.45) is 0. The van der Waals surface area contributed by atoms with Gasteiger partial charge in [0.05, 0.1) is 23.3 Å². The van der Waals surface area contributed by atoms with Crippen LogP contribution in [0.25, 0.3) is 0 Å². The first-order valence-electron chi connectivity index (χ1n) is 5.75. The lowest BCUT2D eigenvalue weighted by molar-refractivity contribution is 0.270. The summed E-state index contributed by atoms with van der Waals surface area (Å²) in [5.41, 5.74) is 6.63. The molecule has 1 aromatic rings. The fourth-order valence-electron chi connectivity index (χ4n) is 2.43. The molecule has 1 unspecified atom stereocenters. The van der Waals surface area contributed by atoms with Gasteiger partial charge >= 0.3 is 0 Å². The van der Waals surface area contributed by atoms with E-state index in [0.29, 0.717) is 18.1 Å². The van der Waals surface area contributed by atoms with Gasteiger partial charge in [-0.25, -0.2) is 0 Å².